The van der Waals surface area contributed by atoms with E-state index in [1.54, 1.807) is 11.3 Å². The molecule has 5 heteroatoms. The molecule has 0 saturated heterocycles. The maximum absolute atomic E-state index is 14.5. The third-order valence-electron chi connectivity index (χ3n) is 4.93. The molecule has 1 heterocycles. The number of hydrogen-bond donors (Lipinski definition) is 0. The van der Waals surface area contributed by atoms with E-state index in [0.29, 0.717) is 15.6 Å². The number of benzene rings is 3. The topological polar surface area (TPSA) is 38.7 Å². The number of anilines is 1. The lowest BCUT2D eigenvalue weighted by Gasteiger charge is -2.26. The van der Waals surface area contributed by atoms with Gasteiger partial charge in [-0.2, -0.15) is 0 Å². The first-order chi connectivity index (χ1) is 15.1. The molecule has 0 saturated carbocycles. The summed E-state index contributed by atoms with van der Waals surface area (Å²) in [5, 5.41) is 2.03. The fourth-order valence-corrected chi connectivity index (χ4v) is 5.79. The first-order valence-corrected chi connectivity index (χ1v) is 12.4. The molecule has 0 unspecified atom stereocenters. The second-order valence-corrected chi connectivity index (χ2v) is 10.3. The predicted molar refractivity (Wildman–Crippen MR) is 132 cm³/mol. The molecule has 0 amide bonds. The van der Waals surface area contributed by atoms with Gasteiger partial charge in [-0.05, 0) is 64.9 Å². The Bertz CT molecular complexity index is 1160. The van der Waals surface area contributed by atoms with Crippen LogP contribution in [0.3, 0.4) is 0 Å². The summed E-state index contributed by atoms with van der Waals surface area (Å²) in [6, 6.07) is 31.3. The third kappa shape index (κ3) is 4.85. The van der Waals surface area contributed by atoms with E-state index in [1.807, 2.05) is 96.2 Å². The maximum atomic E-state index is 14.5. The monoisotopic (exact) mass is 444 g/mol. The normalized spacial score (nSPS) is 11.9. The first kappa shape index (κ1) is 21.2. The first-order valence-electron chi connectivity index (χ1n) is 9.99. The molecule has 0 aliphatic heterocycles. The molecule has 0 bridgehead atoms. The van der Waals surface area contributed by atoms with E-state index in [4.69, 9.17) is 4.36 Å². The Balaban J connectivity index is 1.92. The Kier molecular flexibility index (Phi) is 6.47. The fourth-order valence-electron chi connectivity index (χ4n) is 3.17. The van der Waals surface area contributed by atoms with Crippen molar-refractivity contribution in [1.82, 2.24) is 0 Å². The second-order valence-electron chi connectivity index (χ2n) is 7.16. The van der Waals surface area contributed by atoms with Crippen molar-refractivity contribution in [1.29, 1.82) is 0 Å². The van der Waals surface area contributed by atoms with Gasteiger partial charge in [-0.3, -0.25) is 0 Å². The van der Waals surface area contributed by atoms with Crippen LogP contribution in [0.5, 0.6) is 0 Å². The van der Waals surface area contributed by atoms with Crippen LogP contribution >= 0.6 is 11.3 Å². The summed E-state index contributed by atoms with van der Waals surface area (Å²) in [5.74, 6) is 0.643. The molecule has 3 aromatic carbocycles. The quantitative estimate of drug-likeness (QED) is 0.298. The van der Waals surface area contributed by atoms with E-state index in [9.17, 15) is 4.55 Å². The summed E-state index contributed by atoms with van der Waals surface area (Å²) < 4.78 is 19.4. The van der Waals surface area contributed by atoms with Gasteiger partial charge in [-0.15, -0.1) is 11.3 Å². The molecule has 0 radical (unpaired) electrons. The van der Waals surface area contributed by atoms with E-state index in [0.717, 1.165) is 10.6 Å². The highest BCUT2D eigenvalue weighted by Crippen LogP contribution is 2.32. The van der Waals surface area contributed by atoms with Gasteiger partial charge >= 0.3 is 0 Å². The van der Waals surface area contributed by atoms with Crippen molar-refractivity contribution in [3.05, 3.63) is 119 Å². The maximum Gasteiger partial charge on any atom is 0.181 e. The van der Waals surface area contributed by atoms with Crippen LogP contribution in [0.1, 0.15) is 10.4 Å². The minimum absolute atomic E-state index is 0.643. The van der Waals surface area contributed by atoms with Gasteiger partial charge in [0.2, 0.25) is 0 Å². The predicted octanol–water partition coefficient (Wildman–Crippen LogP) is 7.08. The molecular weight excluding hydrogens is 420 g/mol. The average Bonchev–Trinajstić information content (AvgIpc) is 3.33. The van der Waals surface area contributed by atoms with Crippen LogP contribution in [-0.4, -0.2) is 11.6 Å². The lowest BCUT2D eigenvalue weighted by atomic mass is 10.2. The lowest BCUT2D eigenvalue weighted by molar-refractivity contribution is 0.583. The zero-order valence-corrected chi connectivity index (χ0v) is 19.1. The third-order valence-corrected chi connectivity index (χ3v) is 8.01. The van der Waals surface area contributed by atoms with E-state index >= 15 is 0 Å². The number of nitrogens with zero attached hydrogens (tertiary/aromatic N) is 2. The molecule has 0 aliphatic rings. The summed E-state index contributed by atoms with van der Waals surface area (Å²) in [6.45, 7) is 2.06. The van der Waals surface area contributed by atoms with Crippen LogP contribution in [-0.2, 0) is 10.1 Å². The molecule has 31 heavy (non-hydrogen) atoms. The lowest BCUT2D eigenvalue weighted by Crippen LogP contribution is -2.19. The van der Waals surface area contributed by atoms with Crippen molar-refractivity contribution < 1.29 is 4.55 Å². The molecule has 3 nitrogen and oxygen atoms in total. The highest BCUT2D eigenvalue weighted by molar-refractivity contribution is 8.00. The average molecular weight is 445 g/mol. The molecule has 0 aliphatic carbocycles. The summed E-state index contributed by atoms with van der Waals surface area (Å²) in [6.07, 6.45) is 2.00. The van der Waals surface area contributed by atoms with Gasteiger partial charge in [0, 0.05) is 23.7 Å². The number of rotatable bonds is 6. The molecular formula is C26H24N2OS2. The zero-order valence-electron chi connectivity index (χ0n) is 17.5. The van der Waals surface area contributed by atoms with E-state index in [-0.39, 0.29) is 0 Å². The van der Waals surface area contributed by atoms with Gasteiger partial charge in [0.15, 0.2) is 5.82 Å². The van der Waals surface area contributed by atoms with E-state index in [1.165, 1.54) is 5.56 Å². The smallest absolute Gasteiger partial charge is 0.181 e. The van der Waals surface area contributed by atoms with Gasteiger partial charge in [-0.25, -0.2) is 0 Å². The van der Waals surface area contributed by atoms with E-state index < -0.39 is 10.1 Å². The van der Waals surface area contributed by atoms with Crippen molar-refractivity contribution in [2.75, 3.05) is 11.9 Å². The van der Waals surface area contributed by atoms with Gasteiger partial charge < -0.3 is 9.45 Å². The Hall–Kier alpha value is -2.99. The summed E-state index contributed by atoms with van der Waals surface area (Å²) in [7, 11) is -0.929. The Labute approximate surface area is 189 Å². The Morgan fingerprint density at radius 3 is 1.94 bits per heavy atom. The molecule has 4 aromatic rings. The minimum atomic E-state index is -2.89. The Morgan fingerprint density at radius 1 is 0.839 bits per heavy atom. The van der Waals surface area contributed by atoms with Gasteiger partial charge in [0.1, 0.15) is 9.79 Å². The molecule has 0 spiro atoms. The van der Waals surface area contributed by atoms with Crippen LogP contribution in [0.25, 0.3) is 6.08 Å². The van der Waals surface area contributed by atoms with Crippen molar-refractivity contribution in [2.45, 2.75) is 16.7 Å². The molecule has 1 aromatic heterocycles. The highest BCUT2D eigenvalue weighted by Gasteiger charge is 2.23. The van der Waals surface area contributed by atoms with Gasteiger partial charge in [0.25, 0.3) is 0 Å². The number of hydrogen-bond acceptors (Lipinski definition) is 4. The second kappa shape index (κ2) is 9.43. The van der Waals surface area contributed by atoms with Crippen LogP contribution in [0.15, 0.2) is 122 Å². The molecule has 156 valence electrons. The van der Waals surface area contributed by atoms with Crippen LogP contribution in [0, 0.1) is 6.92 Å². The summed E-state index contributed by atoms with van der Waals surface area (Å²) in [4.78, 5) is 4.43. The van der Waals surface area contributed by atoms with Crippen molar-refractivity contribution in [3.8, 4) is 0 Å². The standard InChI is InChI=1S/C26H24N2OS2/c1-21-15-17-22(18-16-21)28(2)26(20-23-10-9-19-30-23)27-31(29,24-11-5-3-6-12-24)25-13-7-4-8-14-25/h3-20H,1-2H3/b26-20+. The SMILES string of the molecule is Cc1ccc(N(C)/C(=C/c2cccs2)N=[S+]([O-])(c2ccccc2)c2ccccc2)cc1. The largest absolute Gasteiger partial charge is 0.622 e. The molecule has 0 N–H and O–H groups in total. The van der Waals surface area contributed by atoms with Gasteiger partial charge in [-0.1, -0.05) is 64.5 Å². The number of thiophene rings is 1. The minimum Gasteiger partial charge on any atom is -0.622 e. The van der Waals surface area contributed by atoms with Crippen LogP contribution in [0.2, 0.25) is 0 Å². The van der Waals surface area contributed by atoms with Crippen molar-refractivity contribution >= 4 is 33.2 Å². The molecule has 4 rings (SSSR count). The van der Waals surface area contributed by atoms with Gasteiger partial charge in [0.05, 0.1) is 0 Å². The molecule has 0 fully saturated rings. The number of aryl methyl sites for hydroxylation is 1. The van der Waals surface area contributed by atoms with Crippen molar-refractivity contribution in [2.24, 2.45) is 4.36 Å². The van der Waals surface area contributed by atoms with E-state index in [2.05, 4.69) is 31.2 Å². The zero-order chi connectivity index (χ0) is 21.7. The van der Waals surface area contributed by atoms with Crippen LogP contribution < -0.4 is 4.90 Å². The summed E-state index contributed by atoms with van der Waals surface area (Å²) >= 11 is 1.63. The van der Waals surface area contributed by atoms with Crippen molar-refractivity contribution in [3.63, 3.8) is 0 Å². The molecule has 0 atom stereocenters. The summed E-state index contributed by atoms with van der Waals surface area (Å²) in [5.41, 5.74) is 2.18. The Morgan fingerprint density at radius 2 is 1.42 bits per heavy atom. The highest BCUT2D eigenvalue weighted by atomic mass is 32.3. The fraction of sp³-hybridized carbons (Fsp3) is 0.0769. The van der Waals surface area contributed by atoms with Crippen LogP contribution in [0.4, 0.5) is 5.69 Å².